The zero-order valence-electron chi connectivity index (χ0n) is 13.7. The molecular weight excluding hydrogens is 324 g/mol. The number of aromatic nitrogens is 2. The van der Waals surface area contributed by atoms with Gasteiger partial charge in [0, 0.05) is 12.6 Å². The highest BCUT2D eigenvalue weighted by molar-refractivity contribution is 5.79. The summed E-state index contributed by atoms with van der Waals surface area (Å²) < 4.78 is 1.65. The third-order valence-corrected chi connectivity index (χ3v) is 4.73. The fraction of sp³-hybridized carbons (Fsp3) is 0.353. The molecule has 0 spiro atoms. The van der Waals surface area contributed by atoms with E-state index in [1.165, 1.54) is 5.06 Å². The second-order valence-electron chi connectivity index (χ2n) is 6.26. The average molecular weight is 342 g/mol. The molecule has 2 aliphatic rings. The molecule has 1 saturated heterocycles. The molecule has 2 unspecified atom stereocenters. The Morgan fingerprint density at radius 1 is 1.36 bits per heavy atom. The number of hydrogen-bond donors (Lipinski definition) is 1. The standard InChI is InChI=1S/C17H18N4O4/c1-19-16-12(8-18-19)14-9-20(13(16)7-15(22)23)17(24)21(14)25-10-11-5-3-2-4-6-11/h2-6,8,13-14H,7,9-10H2,1H3,(H,22,23). The smallest absolute Gasteiger partial charge is 0.345 e. The van der Waals surface area contributed by atoms with E-state index in [-0.39, 0.29) is 25.1 Å². The van der Waals surface area contributed by atoms with Crippen LogP contribution in [0.15, 0.2) is 36.5 Å². The lowest BCUT2D eigenvalue weighted by atomic mass is 9.96. The first kappa shape index (κ1) is 15.6. The number of carbonyl (C=O) groups excluding carboxylic acids is 1. The van der Waals surface area contributed by atoms with Crippen LogP contribution in [-0.4, -0.2) is 43.4 Å². The second kappa shape index (κ2) is 5.89. The highest BCUT2D eigenvalue weighted by Gasteiger charge is 2.50. The van der Waals surface area contributed by atoms with Crippen molar-refractivity contribution in [3.8, 4) is 0 Å². The summed E-state index contributed by atoms with van der Waals surface area (Å²) in [5, 5.41) is 14.9. The number of amides is 2. The minimum atomic E-state index is -0.952. The van der Waals surface area contributed by atoms with Crippen molar-refractivity contribution in [3.05, 3.63) is 53.3 Å². The summed E-state index contributed by atoms with van der Waals surface area (Å²) in [6.45, 7) is 0.681. The molecule has 2 bridgehead atoms. The number of benzene rings is 1. The Bertz CT molecular complexity index is 819. The van der Waals surface area contributed by atoms with Crippen LogP contribution < -0.4 is 0 Å². The SMILES string of the molecule is Cn1ncc2c1C(CC(=O)O)N1CC2N(OCc2ccccc2)C1=O. The number of carboxylic acid groups (broad SMARTS) is 1. The van der Waals surface area contributed by atoms with Crippen LogP contribution >= 0.6 is 0 Å². The molecule has 1 N–H and O–H groups in total. The number of urea groups is 1. The molecule has 2 aromatic rings. The van der Waals surface area contributed by atoms with Crippen molar-refractivity contribution in [2.45, 2.75) is 25.1 Å². The van der Waals surface area contributed by atoms with Gasteiger partial charge in [0.05, 0.1) is 30.9 Å². The van der Waals surface area contributed by atoms with Gasteiger partial charge in [-0.25, -0.2) is 4.79 Å². The number of nitrogens with zero attached hydrogens (tertiary/aromatic N) is 4. The molecule has 0 saturated carbocycles. The van der Waals surface area contributed by atoms with Crippen molar-refractivity contribution in [2.24, 2.45) is 7.05 Å². The Kier molecular flexibility index (Phi) is 3.69. The van der Waals surface area contributed by atoms with E-state index >= 15 is 0 Å². The Morgan fingerprint density at radius 3 is 2.84 bits per heavy atom. The van der Waals surface area contributed by atoms with Crippen LogP contribution in [0.3, 0.4) is 0 Å². The third-order valence-electron chi connectivity index (χ3n) is 4.73. The molecule has 4 rings (SSSR count). The number of aliphatic carboxylic acids is 1. The maximum absolute atomic E-state index is 12.8. The summed E-state index contributed by atoms with van der Waals surface area (Å²) in [6, 6.07) is 8.48. The fourth-order valence-corrected chi connectivity index (χ4v) is 3.60. The van der Waals surface area contributed by atoms with Gasteiger partial charge in [0.15, 0.2) is 0 Å². The topological polar surface area (TPSA) is 87.9 Å². The van der Waals surface area contributed by atoms with Crippen molar-refractivity contribution >= 4 is 12.0 Å². The molecule has 1 aromatic carbocycles. The molecule has 3 heterocycles. The van der Waals surface area contributed by atoms with E-state index in [9.17, 15) is 14.7 Å². The summed E-state index contributed by atoms with van der Waals surface area (Å²) in [5.41, 5.74) is 2.57. The first-order valence-corrected chi connectivity index (χ1v) is 8.06. The second-order valence-corrected chi connectivity index (χ2v) is 6.26. The van der Waals surface area contributed by atoms with Crippen LogP contribution in [0.2, 0.25) is 0 Å². The highest BCUT2D eigenvalue weighted by atomic mass is 16.7. The van der Waals surface area contributed by atoms with E-state index in [1.807, 2.05) is 30.3 Å². The lowest BCUT2D eigenvalue weighted by molar-refractivity contribution is -0.141. The van der Waals surface area contributed by atoms with E-state index in [0.29, 0.717) is 6.54 Å². The Morgan fingerprint density at radius 2 is 2.12 bits per heavy atom. The summed E-state index contributed by atoms with van der Waals surface area (Å²) >= 11 is 0. The molecule has 1 fully saturated rings. The number of rotatable bonds is 5. The maximum atomic E-state index is 12.8. The van der Waals surface area contributed by atoms with Crippen LogP contribution in [0.1, 0.15) is 35.3 Å². The predicted molar refractivity (Wildman–Crippen MR) is 86.1 cm³/mol. The van der Waals surface area contributed by atoms with Crippen molar-refractivity contribution < 1.29 is 19.5 Å². The highest BCUT2D eigenvalue weighted by Crippen LogP contribution is 2.44. The monoisotopic (exact) mass is 342 g/mol. The quantitative estimate of drug-likeness (QED) is 0.896. The zero-order valence-corrected chi connectivity index (χ0v) is 13.7. The van der Waals surface area contributed by atoms with Crippen molar-refractivity contribution in [1.29, 1.82) is 0 Å². The molecule has 130 valence electrons. The minimum Gasteiger partial charge on any atom is -0.481 e. The van der Waals surface area contributed by atoms with Crippen LogP contribution in [0.4, 0.5) is 4.79 Å². The van der Waals surface area contributed by atoms with Gasteiger partial charge in [-0.1, -0.05) is 30.3 Å². The Balaban J connectivity index is 1.63. The molecule has 25 heavy (non-hydrogen) atoms. The largest absolute Gasteiger partial charge is 0.481 e. The Labute approximate surface area is 144 Å². The fourth-order valence-electron chi connectivity index (χ4n) is 3.60. The van der Waals surface area contributed by atoms with Crippen molar-refractivity contribution in [1.82, 2.24) is 19.7 Å². The van der Waals surface area contributed by atoms with Gasteiger partial charge >= 0.3 is 12.0 Å². The first-order valence-electron chi connectivity index (χ1n) is 8.06. The number of carbonyl (C=O) groups is 2. The van der Waals surface area contributed by atoms with Gasteiger partial charge in [-0.3, -0.25) is 14.3 Å². The van der Waals surface area contributed by atoms with Crippen molar-refractivity contribution in [3.63, 3.8) is 0 Å². The predicted octanol–water partition coefficient (Wildman–Crippen LogP) is 1.86. The van der Waals surface area contributed by atoms with Crippen LogP contribution in [-0.2, 0) is 23.3 Å². The van der Waals surface area contributed by atoms with E-state index in [2.05, 4.69) is 5.10 Å². The molecule has 8 nitrogen and oxygen atoms in total. The van der Waals surface area contributed by atoms with E-state index in [0.717, 1.165) is 16.8 Å². The number of hydroxylamine groups is 2. The summed E-state index contributed by atoms with van der Waals surface area (Å²) in [7, 11) is 1.76. The molecule has 0 aliphatic carbocycles. The van der Waals surface area contributed by atoms with Crippen LogP contribution in [0.5, 0.6) is 0 Å². The first-order chi connectivity index (χ1) is 12.1. The number of hydrogen-bond acceptors (Lipinski definition) is 4. The lowest BCUT2D eigenvalue weighted by Crippen LogP contribution is -2.36. The van der Waals surface area contributed by atoms with Gasteiger partial charge in [-0.05, 0) is 5.56 Å². The average Bonchev–Trinajstić information content (AvgIpc) is 3.11. The summed E-state index contributed by atoms with van der Waals surface area (Å²) in [5.74, 6) is -0.952. The number of fused-ring (bicyclic) bond motifs is 4. The lowest BCUT2D eigenvalue weighted by Gasteiger charge is -2.30. The molecule has 8 heteroatoms. The van der Waals surface area contributed by atoms with Gasteiger partial charge in [0.2, 0.25) is 0 Å². The van der Waals surface area contributed by atoms with Crippen LogP contribution in [0, 0.1) is 0 Å². The summed E-state index contributed by atoms with van der Waals surface area (Å²) in [4.78, 5) is 31.4. The van der Waals surface area contributed by atoms with Gasteiger partial charge in [-0.2, -0.15) is 10.2 Å². The van der Waals surface area contributed by atoms with E-state index in [4.69, 9.17) is 4.84 Å². The summed E-state index contributed by atoms with van der Waals surface area (Å²) in [6.07, 6.45) is 1.54. The molecular formula is C17H18N4O4. The third kappa shape index (κ3) is 2.54. The van der Waals surface area contributed by atoms with Gasteiger partial charge in [0.1, 0.15) is 12.6 Å². The molecule has 2 atom stereocenters. The normalized spacial score (nSPS) is 21.6. The van der Waals surface area contributed by atoms with Crippen LogP contribution in [0.25, 0.3) is 0 Å². The minimum absolute atomic E-state index is 0.155. The maximum Gasteiger partial charge on any atom is 0.345 e. The molecule has 2 aliphatic heterocycles. The molecule has 0 radical (unpaired) electrons. The Hall–Kier alpha value is -2.87. The van der Waals surface area contributed by atoms with Gasteiger partial charge < -0.3 is 10.0 Å². The molecule has 1 aromatic heterocycles. The van der Waals surface area contributed by atoms with Gasteiger partial charge in [-0.15, -0.1) is 0 Å². The van der Waals surface area contributed by atoms with E-state index < -0.39 is 12.0 Å². The van der Waals surface area contributed by atoms with Crippen molar-refractivity contribution in [2.75, 3.05) is 6.54 Å². The van der Waals surface area contributed by atoms with Gasteiger partial charge in [0.25, 0.3) is 0 Å². The molecule has 2 amide bonds. The zero-order chi connectivity index (χ0) is 17.6. The number of carboxylic acids is 1. The van der Waals surface area contributed by atoms with E-state index in [1.54, 1.807) is 22.8 Å². The number of aryl methyl sites for hydroxylation is 1.